The minimum Gasteiger partial charge on any atom is -0.381 e. The molecule has 2 fully saturated rings. The van der Waals surface area contributed by atoms with Gasteiger partial charge in [0, 0.05) is 42.1 Å². The molecule has 1 N–H and O–H groups in total. The van der Waals surface area contributed by atoms with E-state index < -0.39 is 0 Å². The molecule has 0 amide bonds. The average molecular weight is 266 g/mol. The molecule has 4 heteroatoms. The van der Waals surface area contributed by atoms with Gasteiger partial charge in [0.1, 0.15) is 0 Å². The second-order valence-corrected chi connectivity index (χ2v) is 6.81. The number of rotatable bonds is 5. The molecule has 100 valence electrons. The molecule has 3 rings (SSSR count). The van der Waals surface area contributed by atoms with Crippen LogP contribution in [0.1, 0.15) is 36.4 Å². The minimum atomic E-state index is 0.283. The fourth-order valence-electron chi connectivity index (χ4n) is 2.70. The highest BCUT2D eigenvalue weighted by atomic mass is 32.1. The van der Waals surface area contributed by atoms with Gasteiger partial charge in [0.05, 0.1) is 11.6 Å². The van der Waals surface area contributed by atoms with E-state index in [-0.39, 0.29) is 5.41 Å². The van der Waals surface area contributed by atoms with Crippen molar-refractivity contribution in [2.75, 3.05) is 19.8 Å². The van der Waals surface area contributed by atoms with Crippen molar-refractivity contribution in [2.24, 2.45) is 5.41 Å². The van der Waals surface area contributed by atoms with Gasteiger partial charge in [0.2, 0.25) is 0 Å². The van der Waals surface area contributed by atoms with Crippen LogP contribution >= 0.6 is 11.3 Å². The molecule has 1 aliphatic heterocycles. The molecule has 3 nitrogen and oxygen atoms in total. The molecule has 2 heterocycles. The first-order valence-corrected chi connectivity index (χ1v) is 7.86. The molecule has 1 aliphatic carbocycles. The summed E-state index contributed by atoms with van der Waals surface area (Å²) in [6.45, 7) is 5.00. The fourth-order valence-corrected chi connectivity index (χ4v) is 3.65. The second-order valence-electron chi connectivity index (χ2n) is 5.87. The van der Waals surface area contributed by atoms with Crippen molar-refractivity contribution in [3.63, 3.8) is 0 Å². The van der Waals surface area contributed by atoms with Crippen molar-refractivity contribution in [1.82, 2.24) is 10.3 Å². The van der Waals surface area contributed by atoms with Crippen LogP contribution in [0.3, 0.4) is 0 Å². The van der Waals surface area contributed by atoms with Crippen molar-refractivity contribution in [1.29, 1.82) is 0 Å². The van der Waals surface area contributed by atoms with E-state index in [1.54, 1.807) is 11.3 Å². The van der Waals surface area contributed by atoms with Crippen LogP contribution < -0.4 is 5.32 Å². The normalized spacial score (nSPS) is 28.5. The van der Waals surface area contributed by atoms with Crippen molar-refractivity contribution in [3.8, 4) is 0 Å². The maximum Gasteiger partial charge on any atom is 0.0935 e. The number of nitrogens with one attached hydrogen (secondary N) is 1. The lowest BCUT2D eigenvalue weighted by Gasteiger charge is -2.37. The van der Waals surface area contributed by atoms with E-state index in [1.165, 1.54) is 30.7 Å². The fraction of sp³-hybridized carbons (Fsp3) is 0.786. The van der Waals surface area contributed by atoms with Crippen molar-refractivity contribution < 1.29 is 4.74 Å². The predicted octanol–water partition coefficient (Wildman–Crippen LogP) is 2.54. The van der Waals surface area contributed by atoms with Gasteiger partial charge in [0.15, 0.2) is 0 Å². The lowest BCUT2D eigenvalue weighted by Crippen LogP contribution is -2.43. The van der Waals surface area contributed by atoms with Crippen LogP contribution in [-0.4, -0.2) is 30.8 Å². The maximum atomic E-state index is 5.75. The van der Waals surface area contributed by atoms with Crippen LogP contribution in [0.5, 0.6) is 0 Å². The molecule has 1 aromatic rings. The SMILES string of the molecule is Cc1csc(CC2(CNC3CC3)CCCOC2)n1. The van der Waals surface area contributed by atoms with Crippen molar-refractivity contribution in [2.45, 2.75) is 45.1 Å². The predicted molar refractivity (Wildman–Crippen MR) is 74.1 cm³/mol. The third-order valence-electron chi connectivity index (χ3n) is 3.94. The van der Waals surface area contributed by atoms with Crippen molar-refractivity contribution >= 4 is 11.3 Å². The average Bonchev–Trinajstić information content (AvgIpc) is 3.12. The lowest BCUT2D eigenvalue weighted by molar-refractivity contribution is -0.00737. The number of ether oxygens (including phenoxy) is 1. The molecule has 1 saturated carbocycles. The van der Waals surface area contributed by atoms with E-state index in [0.717, 1.165) is 37.9 Å². The Bertz CT molecular complexity index is 394. The van der Waals surface area contributed by atoms with E-state index in [1.807, 2.05) is 0 Å². The molecule has 0 spiro atoms. The summed E-state index contributed by atoms with van der Waals surface area (Å²) in [4.78, 5) is 4.63. The van der Waals surface area contributed by atoms with Gasteiger partial charge < -0.3 is 10.1 Å². The van der Waals surface area contributed by atoms with Gasteiger partial charge in [-0.05, 0) is 32.6 Å². The van der Waals surface area contributed by atoms with Gasteiger partial charge >= 0.3 is 0 Å². The third kappa shape index (κ3) is 3.11. The molecule has 0 aromatic carbocycles. The molecular weight excluding hydrogens is 244 g/mol. The quantitative estimate of drug-likeness (QED) is 0.889. The van der Waals surface area contributed by atoms with Gasteiger partial charge in [-0.15, -0.1) is 11.3 Å². The second kappa shape index (κ2) is 5.27. The van der Waals surface area contributed by atoms with Crippen LogP contribution in [-0.2, 0) is 11.2 Å². The van der Waals surface area contributed by atoms with Crippen LogP contribution in [0.25, 0.3) is 0 Å². The lowest BCUT2D eigenvalue weighted by atomic mass is 9.79. The van der Waals surface area contributed by atoms with Gasteiger partial charge in [0.25, 0.3) is 0 Å². The number of thiazole rings is 1. The Morgan fingerprint density at radius 1 is 1.56 bits per heavy atom. The van der Waals surface area contributed by atoms with Crippen molar-refractivity contribution in [3.05, 3.63) is 16.1 Å². The number of hydrogen-bond acceptors (Lipinski definition) is 4. The van der Waals surface area contributed by atoms with Crippen LogP contribution in [0.2, 0.25) is 0 Å². The standard InChI is InChI=1S/C14H22N2OS/c1-11-8-18-13(16-11)7-14(5-2-6-17-10-14)9-15-12-3-4-12/h8,12,15H,2-7,9-10H2,1H3. The van der Waals surface area contributed by atoms with E-state index in [2.05, 4.69) is 22.6 Å². The number of aromatic nitrogens is 1. The van der Waals surface area contributed by atoms with Crippen LogP contribution in [0.4, 0.5) is 0 Å². The number of hydrogen-bond donors (Lipinski definition) is 1. The zero-order valence-electron chi connectivity index (χ0n) is 11.1. The molecule has 0 bridgehead atoms. The largest absolute Gasteiger partial charge is 0.381 e. The first-order chi connectivity index (χ1) is 8.76. The first-order valence-electron chi connectivity index (χ1n) is 6.98. The third-order valence-corrected chi connectivity index (χ3v) is 4.91. The molecule has 1 unspecified atom stereocenters. The Hall–Kier alpha value is -0.450. The molecule has 1 aromatic heterocycles. The zero-order chi connectivity index (χ0) is 12.4. The smallest absolute Gasteiger partial charge is 0.0935 e. The Labute approximate surface area is 113 Å². The first kappa shape index (κ1) is 12.6. The van der Waals surface area contributed by atoms with Gasteiger partial charge in [-0.2, -0.15) is 0 Å². The molecule has 1 saturated heterocycles. The summed E-state index contributed by atoms with van der Waals surface area (Å²) in [7, 11) is 0. The van der Waals surface area contributed by atoms with Gasteiger partial charge in [-0.25, -0.2) is 4.98 Å². The summed E-state index contributed by atoms with van der Waals surface area (Å²) in [5.74, 6) is 0. The van der Waals surface area contributed by atoms with E-state index >= 15 is 0 Å². The molecule has 0 radical (unpaired) electrons. The maximum absolute atomic E-state index is 5.75. The Morgan fingerprint density at radius 3 is 3.06 bits per heavy atom. The van der Waals surface area contributed by atoms with Crippen LogP contribution in [0, 0.1) is 12.3 Å². The number of aryl methyl sites for hydroxylation is 1. The summed E-state index contributed by atoms with van der Waals surface area (Å²) in [5.41, 5.74) is 1.43. The topological polar surface area (TPSA) is 34.1 Å². The Morgan fingerprint density at radius 2 is 2.44 bits per heavy atom. The molecule has 1 atom stereocenters. The van der Waals surface area contributed by atoms with Gasteiger partial charge in [-0.1, -0.05) is 0 Å². The summed E-state index contributed by atoms with van der Waals surface area (Å²) in [6.07, 6.45) is 6.24. The molecule has 2 aliphatic rings. The van der Waals surface area contributed by atoms with E-state index in [0.29, 0.717) is 0 Å². The monoisotopic (exact) mass is 266 g/mol. The summed E-state index contributed by atoms with van der Waals surface area (Å²) in [6, 6.07) is 0.779. The van der Waals surface area contributed by atoms with E-state index in [4.69, 9.17) is 4.74 Å². The highest BCUT2D eigenvalue weighted by Crippen LogP contribution is 2.34. The Kier molecular flexibility index (Phi) is 3.68. The minimum absolute atomic E-state index is 0.283. The highest BCUT2D eigenvalue weighted by Gasteiger charge is 2.35. The molecular formula is C14H22N2OS. The highest BCUT2D eigenvalue weighted by molar-refractivity contribution is 7.09. The summed E-state index contributed by atoms with van der Waals surface area (Å²) in [5, 5.41) is 7.12. The van der Waals surface area contributed by atoms with E-state index in [9.17, 15) is 0 Å². The molecule has 18 heavy (non-hydrogen) atoms. The summed E-state index contributed by atoms with van der Waals surface area (Å²) < 4.78 is 5.75. The zero-order valence-corrected chi connectivity index (χ0v) is 11.9. The number of nitrogens with zero attached hydrogens (tertiary/aromatic N) is 1. The summed E-state index contributed by atoms with van der Waals surface area (Å²) >= 11 is 1.80. The van der Waals surface area contributed by atoms with Gasteiger partial charge in [-0.3, -0.25) is 0 Å². The van der Waals surface area contributed by atoms with Crippen LogP contribution in [0.15, 0.2) is 5.38 Å². The Balaban J connectivity index is 1.66.